The molecule has 0 saturated heterocycles. The fraction of sp³-hybridized carbons (Fsp3) is 0.700. The Kier molecular flexibility index (Phi) is 6.60. The van der Waals surface area contributed by atoms with Crippen LogP contribution in [-0.2, 0) is 6.42 Å². The second kappa shape index (κ2) is 8.46. The standard InChI is InChI=1S/C20H32O/c1-16(2)8-6-9-17(3)10-7-12-19-15-14-18-11-4-5-13-20(18)21-19/h4-5,11,13,16-17,19H,6-10,12,14-15H2,1-3H3/t17?,19-/m1/s1. The summed E-state index contributed by atoms with van der Waals surface area (Å²) in [4.78, 5) is 0. The first-order valence-electron chi connectivity index (χ1n) is 8.89. The lowest BCUT2D eigenvalue weighted by atomic mass is 9.93. The number of hydrogen-bond acceptors (Lipinski definition) is 1. The third kappa shape index (κ3) is 5.73. The first-order chi connectivity index (χ1) is 10.1. The Morgan fingerprint density at radius 3 is 2.62 bits per heavy atom. The Morgan fingerprint density at radius 2 is 1.81 bits per heavy atom. The van der Waals surface area contributed by atoms with Crippen LogP contribution in [-0.4, -0.2) is 6.10 Å². The lowest BCUT2D eigenvalue weighted by Gasteiger charge is -2.26. The summed E-state index contributed by atoms with van der Waals surface area (Å²) in [6.07, 6.45) is 10.9. The fourth-order valence-electron chi connectivity index (χ4n) is 3.30. The highest BCUT2D eigenvalue weighted by Crippen LogP contribution is 2.29. The number of aryl methyl sites for hydroxylation is 1. The van der Waals surface area contributed by atoms with Crippen molar-refractivity contribution in [2.24, 2.45) is 11.8 Å². The highest BCUT2D eigenvalue weighted by atomic mass is 16.5. The second-order valence-electron chi connectivity index (χ2n) is 7.25. The number of fused-ring (bicyclic) bond motifs is 1. The molecule has 0 aliphatic carbocycles. The van der Waals surface area contributed by atoms with Gasteiger partial charge in [0.1, 0.15) is 5.75 Å². The first kappa shape index (κ1) is 16.4. The van der Waals surface area contributed by atoms with Gasteiger partial charge in [0.25, 0.3) is 0 Å². The van der Waals surface area contributed by atoms with Crippen molar-refractivity contribution >= 4 is 0 Å². The van der Waals surface area contributed by atoms with E-state index in [9.17, 15) is 0 Å². The van der Waals surface area contributed by atoms with Gasteiger partial charge in [0.2, 0.25) is 0 Å². The van der Waals surface area contributed by atoms with Crippen LogP contribution < -0.4 is 4.74 Å². The Bertz CT molecular complexity index is 410. The summed E-state index contributed by atoms with van der Waals surface area (Å²) in [5, 5.41) is 0. The molecule has 1 aliphatic heterocycles. The van der Waals surface area contributed by atoms with E-state index in [-0.39, 0.29) is 0 Å². The van der Waals surface area contributed by atoms with Gasteiger partial charge in [-0.1, -0.05) is 64.7 Å². The van der Waals surface area contributed by atoms with Crippen molar-refractivity contribution in [3.8, 4) is 5.75 Å². The average molecular weight is 288 g/mol. The molecule has 1 aliphatic rings. The molecule has 21 heavy (non-hydrogen) atoms. The maximum absolute atomic E-state index is 6.13. The van der Waals surface area contributed by atoms with Crippen LogP contribution in [0.25, 0.3) is 0 Å². The summed E-state index contributed by atoms with van der Waals surface area (Å²) >= 11 is 0. The summed E-state index contributed by atoms with van der Waals surface area (Å²) < 4.78 is 6.13. The zero-order valence-corrected chi connectivity index (χ0v) is 14.1. The van der Waals surface area contributed by atoms with Crippen molar-refractivity contribution in [1.82, 2.24) is 0 Å². The van der Waals surface area contributed by atoms with Crippen LogP contribution in [0.1, 0.15) is 71.3 Å². The molecule has 0 aromatic heterocycles. The first-order valence-corrected chi connectivity index (χ1v) is 8.89. The highest BCUT2D eigenvalue weighted by Gasteiger charge is 2.19. The molecule has 0 spiro atoms. The minimum Gasteiger partial charge on any atom is -0.490 e. The van der Waals surface area contributed by atoms with Gasteiger partial charge >= 0.3 is 0 Å². The molecule has 0 bridgehead atoms. The van der Waals surface area contributed by atoms with Crippen LogP contribution in [0.15, 0.2) is 24.3 Å². The highest BCUT2D eigenvalue weighted by molar-refractivity contribution is 5.35. The van der Waals surface area contributed by atoms with E-state index in [1.165, 1.54) is 56.9 Å². The molecular weight excluding hydrogens is 256 g/mol. The van der Waals surface area contributed by atoms with Crippen molar-refractivity contribution in [1.29, 1.82) is 0 Å². The van der Waals surface area contributed by atoms with Crippen LogP contribution >= 0.6 is 0 Å². The third-order valence-electron chi connectivity index (χ3n) is 4.70. The molecule has 2 atom stereocenters. The van der Waals surface area contributed by atoms with Crippen LogP contribution in [0.5, 0.6) is 5.75 Å². The van der Waals surface area contributed by atoms with E-state index in [0.717, 1.165) is 17.6 Å². The van der Waals surface area contributed by atoms with Crippen molar-refractivity contribution in [3.63, 3.8) is 0 Å². The molecule has 1 heterocycles. The second-order valence-corrected chi connectivity index (χ2v) is 7.25. The molecule has 1 nitrogen and oxygen atoms in total. The Hall–Kier alpha value is -0.980. The third-order valence-corrected chi connectivity index (χ3v) is 4.70. The van der Waals surface area contributed by atoms with Gasteiger partial charge in [-0.3, -0.25) is 0 Å². The summed E-state index contributed by atoms with van der Waals surface area (Å²) in [7, 11) is 0. The molecule has 1 aromatic carbocycles. The van der Waals surface area contributed by atoms with E-state index in [0.29, 0.717) is 6.10 Å². The smallest absolute Gasteiger partial charge is 0.122 e. The minimum atomic E-state index is 0.447. The molecule has 2 rings (SSSR count). The summed E-state index contributed by atoms with van der Waals surface area (Å²) in [6.45, 7) is 7.06. The summed E-state index contributed by atoms with van der Waals surface area (Å²) in [5.41, 5.74) is 1.39. The van der Waals surface area contributed by atoms with E-state index in [1.54, 1.807) is 0 Å². The zero-order valence-electron chi connectivity index (χ0n) is 14.1. The van der Waals surface area contributed by atoms with Gasteiger partial charge in [-0.05, 0) is 49.1 Å². The molecule has 1 heteroatoms. The molecule has 0 saturated carbocycles. The molecule has 0 N–H and O–H groups in total. The van der Waals surface area contributed by atoms with Crippen molar-refractivity contribution in [2.45, 2.75) is 78.2 Å². The van der Waals surface area contributed by atoms with Gasteiger partial charge < -0.3 is 4.74 Å². The van der Waals surface area contributed by atoms with E-state index in [2.05, 4.69) is 45.0 Å². The van der Waals surface area contributed by atoms with Crippen LogP contribution in [0.2, 0.25) is 0 Å². The molecule has 0 amide bonds. The van der Waals surface area contributed by atoms with Crippen molar-refractivity contribution in [3.05, 3.63) is 29.8 Å². The molecule has 0 radical (unpaired) electrons. The zero-order chi connectivity index (χ0) is 15.1. The number of ether oxygens (including phenoxy) is 1. The predicted octanol–water partition coefficient (Wildman–Crippen LogP) is 6.01. The van der Waals surface area contributed by atoms with Gasteiger partial charge in [0.05, 0.1) is 6.10 Å². The Morgan fingerprint density at radius 1 is 1.05 bits per heavy atom. The van der Waals surface area contributed by atoms with E-state index in [4.69, 9.17) is 4.74 Å². The van der Waals surface area contributed by atoms with E-state index >= 15 is 0 Å². The number of hydrogen-bond donors (Lipinski definition) is 0. The van der Waals surface area contributed by atoms with Gasteiger partial charge in [-0.25, -0.2) is 0 Å². The van der Waals surface area contributed by atoms with Gasteiger partial charge in [-0.2, -0.15) is 0 Å². The largest absolute Gasteiger partial charge is 0.490 e. The lowest BCUT2D eigenvalue weighted by Crippen LogP contribution is -2.22. The van der Waals surface area contributed by atoms with Gasteiger partial charge in [-0.15, -0.1) is 0 Å². The number of benzene rings is 1. The topological polar surface area (TPSA) is 9.23 Å². The van der Waals surface area contributed by atoms with E-state index < -0.39 is 0 Å². The van der Waals surface area contributed by atoms with Crippen LogP contribution in [0.3, 0.4) is 0 Å². The molecule has 1 unspecified atom stereocenters. The van der Waals surface area contributed by atoms with Gasteiger partial charge in [0, 0.05) is 0 Å². The monoisotopic (exact) mass is 288 g/mol. The van der Waals surface area contributed by atoms with Crippen LogP contribution in [0, 0.1) is 11.8 Å². The fourth-order valence-corrected chi connectivity index (χ4v) is 3.30. The number of rotatable bonds is 8. The van der Waals surface area contributed by atoms with Crippen molar-refractivity contribution < 1.29 is 4.74 Å². The Labute approximate surface area is 131 Å². The summed E-state index contributed by atoms with van der Waals surface area (Å²) in [5.74, 6) is 2.85. The minimum absolute atomic E-state index is 0.447. The normalized spacial score (nSPS) is 19.1. The molecule has 1 aromatic rings. The van der Waals surface area contributed by atoms with Crippen molar-refractivity contribution in [2.75, 3.05) is 0 Å². The molecule has 0 fully saturated rings. The quantitative estimate of drug-likeness (QED) is 0.569. The maximum atomic E-state index is 6.13. The molecular formula is C20H32O. The van der Waals surface area contributed by atoms with Gasteiger partial charge in [0.15, 0.2) is 0 Å². The SMILES string of the molecule is CC(C)CCCC(C)CCC[C@@H]1CCc2ccccc2O1. The number of para-hydroxylation sites is 1. The summed E-state index contributed by atoms with van der Waals surface area (Å²) in [6, 6.07) is 8.51. The molecule has 118 valence electrons. The lowest BCUT2D eigenvalue weighted by molar-refractivity contribution is 0.158. The average Bonchev–Trinajstić information content (AvgIpc) is 2.47. The predicted molar refractivity (Wildman–Crippen MR) is 90.9 cm³/mol. The van der Waals surface area contributed by atoms with Crippen LogP contribution in [0.4, 0.5) is 0 Å². The van der Waals surface area contributed by atoms with E-state index in [1.807, 2.05) is 0 Å². The maximum Gasteiger partial charge on any atom is 0.122 e. The Balaban J connectivity index is 1.61.